The highest BCUT2D eigenvalue weighted by atomic mass is 16.5. The second kappa shape index (κ2) is 9.94. The van der Waals surface area contributed by atoms with Crippen LogP contribution >= 0.6 is 0 Å². The topological polar surface area (TPSA) is 69.2 Å². The maximum Gasteiger partial charge on any atom is 0.341 e. The molecule has 0 aliphatic rings. The minimum atomic E-state index is -0.444. The second-order valence-corrected chi connectivity index (χ2v) is 6.08. The number of nitrogens with one attached hydrogen (secondary N) is 1. The Morgan fingerprint density at radius 3 is 2.48 bits per heavy atom. The van der Waals surface area contributed by atoms with Crippen molar-refractivity contribution in [1.82, 2.24) is 0 Å². The van der Waals surface area contributed by atoms with Gasteiger partial charge in [0.25, 0.3) is 0 Å². The van der Waals surface area contributed by atoms with Crippen LogP contribution in [0.3, 0.4) is 0 Å². The quantitative estimate of drug-likeness (QED) is 0.348. The van der Waals surface area contributed by atoms with Crippen molar-refractivity contribution in [3.63, 3.8) is 0 Å². The molecular weight excluding hydrogens is 368 g/mol. The van der Waals surface area contributed by atoms with Crippen LogP contribution in [-0.4, -0.2) is 26.4 Å². The number of hydrazone groups is 1. The zero-order valence-corrected chi connectivity index (χ0v) is 16.3. The molecule has 0 atom stereocenters. The number of anilines is 1. The number of para-hydroxylation sites is 2. The molecule has 0 amide bonds. The van der Waals surface area contributed by atoms with Crippen LogP contribution in [-0.2, 0) is 11.3 Å². The van der Waals surface area contributed by atoms with E-state index < -0.39 is 5.97 Å². The number of hydrogen-bond acceptors (Lipinski definition) is 6. The third-order valence-electron chi connectivity index (χ3n) is 4.16. The normalized spacial score (nSPS) is 10.6. The molecule has 0 spiro atoms. The molecule has 0 saturated carbocycles. The average Bonchev–Trinajstić information content (AvgIpc) is 2.78. The lowest BCUT2D eigenvalue weighted by Crippen LogP contribution is -2.06. The van der Waals surface area contributed by atoms with E-state index in [0.29, 0.717) is 17.1 Å². The van der Waals surface area contributed by atoms with Crippen molar-refractivity contribution in [3.8, 4) is 11.5 Å². The molecule has 0 fully saturated rings. The summed E-state index contributed by atoms with van der Waals surface area (Å²) >= 11 is 0. The summed E-state index contributed by atoms with van der Waals surface area (Å²) in [6, 6.07) is 22.3. The first-order chi connectivity index (χ1) is 14.2. The largest absolute Gasteiger partial charge is 0.496 e. The number of methoxy groups -OCH3 is 2. The molecule has 0 bridgehead atoms. The highest BCUT2D eigenvalue weighted by molar-refractivity contribution is 5.92. The molecule has 0 saturated heterocycles. The van der Waals surface area contributed by atoms with Gasteiger partial charge in [0.05, 0.1) is 26.1 Å². The Balaban J connectivity index is 1.74. The first-order valence-electron chi connectivity index (χ1n) is 9.02. The van der Waals surface area contributed by atoms with Crippen LogP contribution in [0.25, 0.3) is 0 Å². The Morgan fingerprint density at radius 1 is 0.966 bits per heavy atom. The van der Waals surface area contributed by atoms with Gasteiger partial charge in [0, 0.05) is 5.56 Å². The molecule has 148 valence electrons. The number of hydrogen-bond donors (Lipinski definition) is 1. The molecule has 29 heavy (non-hydrogen) atoms. The minimum Gasteiger partial charge on any atom is -0.496 e. The van der Waals surface area contributed by atoms with Gasteiger partial charge >= 0.3 is 5.97 Å². The van der Waals surface area contributed by atoms with Crippen molar-refractivity contribution in [2.45, 2.75) is 6.61 Å². The number of rotatable bonds is 8. The van der Waals surface area contributed by atoms with Crippen LogP contribution < -0.4 is 14.9 Å². The van der Waals surface area contributed by atoms with Gasteiger partial charge in [0.1, 0.15) is 23.7 Å². The first-order valence-corrected chi connectivity index (χ1v) is 9.02. The highest BCUT2D eigenvalue weighted by Gasteiger charge is 2.13. The lowest BCUT2D eigenvalue weighted by Gasteiger charge is -2.13. The molecule has 3 aromatic rings. The number of esters is 1. The Hall–Kier alpha value is -3.80. The fourth-order valence-electron chi connectivity index (χ4n) is 2.71. The summed E-state index contributed by atoms with van der Waals surface area (Å²) in [6.07, 6.45) is 1.72. The predicted molar refractivity (Wildman–Crippen MR) is 113 cm³/mol. The molecule has 0 heterocycles. The zero-order valence-electron chi connectivity index (χ0n) is 16.3. The molecule has 0 radical (unpaired) electrons. The van der Waals surface area contributed by atoms with E-state index in [1.54, 1.807) is 37.6 Å². The van der Waals surface area contributed by atoms with Crippen molar-refractivity contribution in [3.05, 3.63) is 89.5 Å². The Morgan fingerprint density at radius 2 is 1.72 bits per heavy atom. The molecule has 6 heteroatoms. The van der Waals surface area contributed by atoms with Crippen molar-refractivity contribution in [1.29, 1.82) is 0 Å². The summed E-state index contributed by atoms with van der Waals surface area (Å²) in [4.78, 5) is 11.9. The Bertz CT molecular complexity index is 987. The Labute approximate surface area is 169 Å². The fraction of sp³-hybridized carbons (Fsp3) is 0.130. The lowest BCUT2D eigenvalue weighted by atomic mass is 10.1. The van der Waals surface area contributed by atoms with Crippen LogP contribution in [0.2, 0.25) is 0 Å². The monoisotopic (exact) mass is 390 g/mol. The van der Waals surface area contributed by atoms with Gasteiger partial charge in [0.15, 0.2) is 0 Å². The summed E-state index contributed by atoms with van der Waals surface area (Å²) in [6.45, 7) is 0.227. The number of benzene rings is 3. The lowest BCUT2D eigenvalue weighted by molar-refractivity contribution is 0.0595. The van der Waals surface area contributed by atoms with Crippen molar-refractivity contribution >= 4 is 17.9 Å². The van der Waals surface area contributed by atoms with Gasteiger partial charge in [-0.2, -0.15) is 5.10 Å². The van der Waals surface area contributed by atoms with Gasteiger partial charge in [0.2, 0.25) is 0 Å². The van der Waals surface area contributed by atoms with Gasteiger partial charge in [-0.3, -0.25) is 5.43 Å². The van der Waals surface area contributed by atoms with Crippen LogP contribution in [0, 0.1) is 0 Å². The van der Waals surface area contributed by atoms with E-state index in [1.165, 1.54) is 7.11 Å². The van der Waals surface area contributed by atoms with Gasteiger partial charge in [-0.25, -0.2) is 4.79 Å². The summed E-state index contributed by atoms with van der Waals surface area (Å²) in [5, 5.41) is 4.26. The zero-order chi connectivity index (χ0) is 20.5. The summed E-state index contributed by atoms with van der Waals surface area (Å²) in [5.41, 5.74) is 5.97. The molecule has 0 aliphatic heterocycles. The van der Waals surface area contributed by atoms with Gasteiger partial charge in [-0.15, -0.1) is 0 Å². The smallest absolute Gasteiger partial charge is 0.341 e. The fourth-order valence-corrected chi connectivity index (χ4v) is 2.71. The maximum atomic E-state index is 11.9. The molecule has 3 rings (SSSR count). The van der Waals surface area contributed by atoms with Crippen LogP contribution in [0.15, 0.2) is 77.9 Å². The van der Waals surface area contributed by atoms with E-state index in [2.05, 4.69) is 10.5 Å². The molecule has 1 N–H and O–H groups in total. The van der Waals surface area contributed by atoms with Crippen LogP contribution in [0.1, 0.15) is 21.5 Å². The van der Waals surface area contributed by atoms with Crippen LogP contribution in [0.5, 0.6) is 11.5 Å². The third-order valence-corrected chi connectivity index (χ3v) is 4.16. The average molecular weight is 390 g/mol. The summed E-state index contributed by atoms with van der Waals surface area (Å²) in [7, 11) is 2.94. The molecule has 6 nitrogen and oxygen atoms in total. The summed E-state index contributed by atoms with van der Waals surface area (Å²) < 4.78 is 16.1. The Kier molecular flexibility index (Phi) is 6.84. The number of carbonyl (C=O) groups excluding carboxylic acids is 1. The summed E-state index contributed by atoms with van der Waals surface area (Å²) in [5.74, 6) is 0.695. The van der Waals surface area contributed by atoms with E-state index in [-0.39, 0.29) is 6.61 Å². The van der Waals surface area contributed by atoms with Gasteiger partial charge in [-0.1, -0.05) is 30.3 Å². The highest BCUT2D eigenvalue weighted by Crippen LogP contribution is 2.24. The van der Waals surface area contributed by atoms with E-state index in [1.807, 2.05) is 48.5 Å². The van der Waals surface area contributed by atoms with Crippen molar-refractivity contribution in [2.75, 3.05) is 19.6 Å². The van der Waals surface area contributed by atoms with Gasteiger partial charge in [-0.05, 0) is 48.0 Å². The number of nitrogens with zero attached hydrogens (tertiary/aromatic N) is 1. The third kappa shape index (κ3) is 5.35. The number of carbonyl (C=O) groups is 1. The molecule has 3 aromatic carbocycles. The molecule has 0 aromatic heterocycles. The van der Waals surface area contributed by atoms with Crippen molar-refractivity contribution < 1.29 is 19.0 Å². The van der Waals surface area contributed by atoms with E-state index in [0.717, 1.165) is 16.8 Å². The number of ether oxygens (including phenoxy) is 3. The first kappa shape index (κ1) is 19.9. The van der Waals surface area contributed by atoms with Crippen LogP contribution in [0.4, 0.5) is 5.69 Å². The standard InChI is InChI=1S/C23H22N2O4/c1-27-21-13-12-17(15-24-25-19-8-4-3-5-9-19)14-18(21)16-29-22-11-7-6-10-20(22)23(26)28-2/h3-15,25H,16H2,1-2H3. The van der Waals surface area contributed by atoms with E-state index in [9.17, 15) is 4.79 Å². The molecular formula is C23H22N2O4. The molecule has 0 aliphatic carbocycles. The maximum absolute atomic E-state index is 11.9. The minimum absolute atomic E-state index is 0.227. The predicted octanol–water partition coefficient (Wildman–Crippen LogP) is 4.51. The van der Waals surface area contributed by atoms with Crippen molar-refractivity contribution in [2.24, 2.45) is 5.10 Å². The van der Waals surface area contributed by atoms with E-state index >= 15 is 0 Å². The molecule has 0 unspecified atom stereocenters. The van der Waals surface area contributed by atoms with E-state index in [4.69, 9.17) is 14.2 Å². The second-order valence-electron chi connectivity index (χ2n) is 6.08. The SMILES string of the molecule is COC(=O)c1ccccc1OCc1cc(C=NNc2ccccc2)ccc1OC. The van der Waals surface area contributed by atoms with Gasteiger partial charge < -0.3 is 14.2 Å².